The van der Waals surface area contributed by atoms with Crippen LogP contribution in [0.1, 0.15) is 56.3 Å². The number of amides is 1. The van der Waals surface area contributed by atoms with Crippen molar-refractivity contribution in [2.75, 3.05) is 0 Å². The van der Waals surface area contributed by atoms with Crippen LogP contribution < -0.4 is 10.9 Å². The number of aryl methyl sites for hydroxylation is 2. The molecule has 1 aromatic heterocycles. The largest absolute Gasteiger partial charge is 0.352 e. The molecule has 108 valence electrons. The molecule has 1 atom stereocenters. The second-order valence-corrected chi connectivity index (χ2v) is 5.92. The first kappa shape index (κ1) is 13.3. The van der Waals surface area contributed by atoms with Crippen molar-refractivity contribution in [3.05, 3.63) is 27.7 Å². The minimum atomic E-state index is -0.533. The Morgan fingerprint density at radius 2 is 2.10 bits per heavy atom. The lowest BCUT2D eigenvalue weighted by molar-refractivity contribution is -0.124. The summed E-state index contributed by atoms with van der Waals surface area (Å²) < 4.78 is 1.34. The quantitative estimate of drug-likeness (QED) is 0.905. The molecule has 20 heavy (non-hydrogen) atoms. The van der Waals surface area contributed by atoms with Crippen molar-refractivity contribution in [3.63, 3.8) is 0 Å². The molecule has 1 amide bonds. The van der Waals surface area contributed by atoms with Crippen molar-refractivity contribution in [2.45, 2.75) is 64.0 Å². The minimum absolute atomic E-state index is 0.0931. The Hall–Kier alpha value is -1.65. The fourth-order valence-corrected chi connectivity index (χ4v) is 3.20. The second-order valence-electron chi connectivity index (χ2n) is 5.92. The van der Waals surface area contributed by atoms with E-state index >= 15 is 0 Å². The number of carbonyl (C=O) groups excluding carboxylic acids is 1. The van der Waals surface area contributed by atoms with Crippen LogP contribution in [0, 0.1) is 0 Å². The number of hydrogen-bond donors (Lipinski definition) is 1. The number of carbonyl (C=O) groups is 1. The first-order valence-electron chi connectivity index (χ1n) is 7.57. The third-order valence-corrected chi connectivity index (χ3v) is 4.43. The first-order valence-corrected chi connectivity index (χ1v) is 7.57. The maximum Gasteiger partial charge on any atom is 0.267 e. The van der Waals surface area contributed by atoms with Gasteiger partial charge in [-0.25, -0.2) is 4.68 Å². The van der Waals surface area contributed by atoms with E-state index in [1.807, 2.05) is 0 Å². The Morgan fingerprint density at radius 1 is 1.35 bits per heavy atom. The van der Waals surface area contributed by atoms with E-state index in [0.29, 0.717) is 0 Å². The molecule has 1 heterocycles. The topological polar surface area (TPSA) is 64.0 Å². The molecule has 1 N–H and O–H groups in total. The van der Waals surface area contributed by atoms with E-state index in [1.54, 1.807) is 13.0 Å². The van der Waals surface area contributed by atoms with Crippen LogP contribution in [0.5, 0.6) is 0 Å². The zero-order valence-corrected chi connectivity index (χ0v) is 11.9. The van der Waals surface area contributed by atoms with E-state index < -0.39 is 6.04 Å². The summed E-state index contributed by atoms with van der Waals surface area (Å²) in [6.07, 6.45) is 7.34. The van der Waals surface area contributed by atoms with Crippen molar-refractivity contribution in [1.29, 1.82) is 0 Å². The Kier molecular flexibility index (Phi) is 3.59. The van der Waals surface area contributed by atoms with Gasteiger partial charge in [-0.15, -0.1) is 0 Å². The Bertz CT molecular complexity index is 573. The molecule has 5 heteroatoms. The van der Waals surface area contributed by atoms with Crippen molar-refractivity contribution < 1.29 is 4.79 Å². The molecule has 0 bridgehead atoms. The van der Waals surface area contributed by atoms with Crippen molar-refractivity contribution in [2.24, 2.45) is 0 Å². The molecule has 0 spiro atoms. The zero-order chi connectivity index (χ0) is 14.1. The van der Waals surface area contributed by atoms with Crippen LogP contribution in [0.15, 0.2) is 10.9 Å². The molecule has 1 fully saturated rings. The highest BCUT2D eigenvalue weighted by Gasteiger charge is 2.24. The van der Waals surface area contributed by atoms with Gasteiger partial charge < -0.3 is 5.32 Å². The van der Waals surface area contributed by atoms with E-state index in [2.05, 4.69) is 10.4 Å². The lowest BCUT2D eigenvalue weighted by Gasteiger charge is -2.18. The van der Waals surface area contributed by atoms with Gasteiger partial charge in [-0.2, -0.15) is 5.10 Å². The SMILES string of the molecule is CC(C(=O)NC1CCCC1)n1nc2c(cc1=O)CCC2. The highest BCUT2D eigenvalue weighted by atomic mass is 16.2. The van der Waals surface area contributed by atoms with Gasteiger partial charge in [0.25, 0.3) is 5.56 Å². The highest BCUT2D eigenvalue weighted by molar-refractivity contribution is 5.80. The average Bonchev–Trinajstić information content (AvgIpc) is 3.07. The van der Waals surface area contributed by atoms with Crippen LogP contribution in [0.4, 0.5) is 0 Å². The molecule has 3 rings (SSSR count). The molecule has 2 aliphatic carbocycles. The van der Waals surface area contributed by atoms with Gasteiger partial charge in [-0.05, 0) is 44.6 Å². The van der Waals surface area contributed by atoms with E-state index in [0.717, 1.165) is 43.4 Å². The zero-order valence-electron chi connectivity index (χ0n) is 11.9. The van der Waals surface area contributed by atoms with Gasteiger partial charge >= 0.3 is 0 Å². The molecule has 0 aliphatic heterocycles. The van der Waals surface area contributed by atoms with Crippen LogP contribution in [-0.2, 0) is 17.6 Å². The van der Waals surface area contributed by atoms with Crippen molar-refractivity contribution in [3.8, 4) is 0 Å². The average molecular weight is 275 g/mol. The normalized spacial score (nSPS) is 19.9. The van der Waals surface area contributed by atoms with Crippen molar-refractivity contribution in [1.82, 2.24) is 15.1 Å². The fourth-order valence-electron chi connectivity index (χ4n) is 3.20. The molecule has 0 aromatic carbocycles. The van der Waals surface area contributed by atoms with E-state index in [1.165, 1.54) is 17.5 Å². The number of fused-ring (bicyclic) bond motifs is 1. The summed E-state index contributed by atoms with van der Waals surface area (Å²) in [5, 5.41) is 7.43. The monoisotopic (exact) mass is 275 g/mol. The standard InChI is InChI=1S/C15H21N3O2/c1-10(15(20)16-12-6-2-3-7-12)18-14(19)9-11-5-4-8-13(11)17-18/h9-10,12H,2-8H2,1H3,(H,16,20). The molecule has 2 aliphatic rings. The molecule has 1 unspecified atom stereocenters. The summed E-state index contributed by atoms with van der Waals surface area (Å²) >= 11 is 0. The molecule has 0 radical (unpaired) electrons. The second kappa shape index (κ2) is 5.38. The first-order chi connectivity index (χ1) is 9.65. The van der Waals surface area contributed by atoms with Gasteiger partial charge in [0.2, 0.25) is 5.91 Å². The summed E-state index contributed by atoms with van der Waals surface area (Å²) in [5.74, 6) is -0.0931. The van der Waals surface area contributed by atoms with Crippen LogP contribution in [-0.4, -0.2) is 21.7 Å². The minimum Gasteiger partial charge on any atom is -0.352 e. The summed E-state index contributed by atoms with van der Waals surface area (Å²) in [5.41, 5.74) is 1.86. The van der Waals surface area contributed by atoms with Gasteiger partial charge in [0, 0.05) is 12.1 Å². The van der Waals surface area contributed by atoms with E-state index in [-0.39, 0.29) is 17.5 Å². The lowest BCUT2D eigenvalue weighted by atomic mass is 10.2. The molecule has 1 aromatic rings. The maximum absolute atomic E-state index is 12.2. The Labute approximate surface area is 118 Å². The van der Waals surface area contributed by atoms with Gasteiger partial charge in [0.15, 0.2) is 0 Å². The van der Waals surface area contributed by atoms with Gasteiger partial charge in [0.05, 0.1) is 5.69 Å². The summed E-state index contributed by atoms with van der Waals surface area (Å²) in [7, 11) is 0. The Balaban J connectivity index is 1.77. The van der Waals surface area contributed by atoms with Gasteiger partial charge in [-0.3, -0.25) is 9.59 Å². The molecular formula is C15H21N3O2. The highest BCUT2D eigenvalue weighted by Crippen LogP contribution is 2.20. The smallest absolute Gasteiger partial charge is 0.267 e. The lowest BCUT2D eigenvalue weighted by Crippen LogP contribution is -2.41. The third-order valence-electron chi connectivity index (χ3n) is 4.43. The van der Waals surface area contributed by atoms with Crippen LogP contribution >= 0.6 is 0 Å². The third kappa shape index (κ3) is 2.49. The number of aromatic nitrogens is 2. The number of nitrogens with zero attached hydrogens (tertiary/aromatic N) is 2. The summed E-state index contributed by atoms with van der Waals surface area (Å²) in [4.78, 5) is 24.3. The van der Waals surface area contributed by atoms with E-state index in [4.69, 9.17) is 0 Å². The van der Waals surface area contributed by atoms with Crippen LogP contribution in [0.25, 0.3) is 0 Å². The van der Waals surface area contributed by atoms with Gasteiger partial charge in [0.1, 0.15) is 6.04 Å². The predicted molar refractivity (Wildman–Crippen MR) is 75.6 cm³/mol. The molecule has 1 saturated carbocycles. The van der Waals surface area contributed by atoms with Gasteiger partial charge in [-0.1, -0.05) is 12.8 Å². The molecule has 5 nitrogen and oxygen atoms in total. The molecular weight excluding hydrogens is 254 g/mol. The van der Waals surface area contributed by atoms with Crippen LogP contribution in [0.2, 0.25) is 0 Å². The maximum atomic E-state index is 12.2. The Morgan fingerprint density at radius 3 is 2.85 bits per heavy atom. The van der Waals surface area contributed by atoms with Crippen molar-refractivity contribution >= 4 is 5.91 Å². The number of nitrogens with one attached hydrogen (secondary N) is 1. The predicted octanol–water partition coefficient (Wildman–Crippen LogP) is 1.35. The summed E-state index contributed by atoms with van der Waals surface area (Å²) in [6, 6.07) is 1.39. The number of rotatable bonds is 3. The summed E-state index contributed by atoms with van der Waals surface area (Å²) in [6.45, 7) is 1.75. The number of hydrogen-bond acceptors (Lipinski definition) is 3. The van der Waals surface area contributed by atoms with E-state index in [9.17, 15) is 9.59 Å². The molecule has 0 saturated heterocycles. The van der Waals surface area contributed by atoms with Crippen LogP contribution in [0.3, 0.4) is 0 Å². The fraction of sp³-hybridized carbons (Fsp3) is 0.667.